The van der Waals surface area contributed by atoms with Gasteiger partial charge in [-0.1, -0.05) is 32.1 Å². The van der Waals surface area contributed by atoms with Crippen molar-refractivity contribution in [3.63, 3.8) is 0 Å². The predicted octanol–water partition coefficient (Wildman–Crippen LogP) is 4.50. The summed E-state index contributed by atoms with van der Waals surface area (Å²) in [5.74, 6) is 1.73. The van der Waals surface area contributed by atoms with Crippen molar-refractivity contribution in [3.05, 3.63) is 24.2 Å². The van der Waals surface area contributed by atoms with Crippen LogP contribution in [0.3, 0.4) is 0 Å². The largest absolute Gasteiger partial charge is 0.310 e. The Morgan fingerprint density at radius 2 is 1.90 bits per heavy atom. The van der Waals surface area contributed by atoms with Gasteiger partial charge in [0.05, 0.1) is 0 Å². The molecule has 0 spiro atoms. The van der Waals surface area contributed by atoms with E-state index in [2.05, 4.69) is 15.6 Å². The molecule has 20 heavy (non-hydrogen) atoms. The minimum atomic E-state index is 0.549. The maximum Gasteiger partial charge on any atom is 0.160 e. The molecule has 1 fully saturated rings. The Morgan fingerprint density at radius 3 is 2.65 bits per heavy atom. The predicted molar refractivity (Wildman–Crippen MR) is 83.3 cm³/mol. The molecule has 2 heterocycles. The Balaban J connectivity index is 2.00. The lowest BCUT2D eigenvalue weighted by atomic mass is 9.96. The Kier molecular flexibility index (Phi) is 4.56. The summed E-state index contributed by atoms with van der Waals surface area (Å²) in [6.07, 6.45) is 11.9. The normalized spacial score (nSPS) is 18.1. The van der Waals surface area contributed by atoms with Crippen LogP contribution in [0.25, 0.3) is 11.2 Å². The van der Waals surface area contributed by atoms with E-state index in [1.54, 1.807) is 0 Å². The Hall–Kier alpha value is -1.09. The second-order valence-electron chi connectivity index (χ2n) is 5.68. The molecule has 1 aliphatic carbocycles. The molecule has 108 valence electrons. The third-order valence-corrected chi connectivity index (χ3v) is 4.47. The van der Waals surface area contributed by atoms with Crippen LogP contribution in [-0.4, -0.2) is 20.4 Å². The monoisotopic (exact) mass is 291 g/mol. The lowest BCUT2D eigenvalue weighted by Crippen LogP contribution is -2.15. The molecule has 0 N–H and O–H groups in total. The average Bonchev–Trinajstić information content (AvgIpc) is 2.77. The molecule has 0 bridgehead atoms. The second-order valence-corrected chi connectivity index (χ2v) is 6.06. The van der Waals surface area contributed by atoms with Gasteiger partial charge < -0.3 is 4.57 Å². The zero-order chi connectivity index (χ0) is 13.8. The van der Waals surface area contributed by atoms with Crippen LogP contribution in [0.5, 0.6) is 0 Å². The van der Waals surface area contributed by atoms with E-state index in [-0.39, 0.29) is 0 Å². The molecule has 0 radical (unpaired) electrons. The van der Waals surface area contributed by atoms with Crippen molar-refractivity contribution in [2.75, 3.05) is 5.88 Å². The molecule has 0 amide bonds. The number of hydrogen-bond donors (Lipinski definition) is 0. The molecule has 0 saturated heterocycles. The SMILES string of the molecule is ClCCc1nc2cccnc2n1C1CCCCCCC1. The first-order chi connectivity index (χ1) is 9.90. The summed E-state index contributed by atoms with van der Waals surface area (Å²) in [7, 11) is 0. The highest BCUT2D eigenvalue weighted by molar-refractivity contribution is 6.17. The van der Waals surface area contributed by atoms with E-state index in [1.165, 1.54) is 44.9 Å². The minimum Gasteiger partial charge on any atom is -0.310 e. The van der Waals surface area contributed by atoms with Gasteiger partial charge in [0.1, 0.15) is 11.3 Å². The van der Waals surface area contributed by atoms with Gasteiger partial charge in [-0.2, -0.15) is 0 Å². The van der Waals surface area contributed by atoms with Gasteiger partial charge in [-0.05, 0) is 25.0 Å². The zero-order valence-electron chi connectivity index (χ0n) is 11.9. The number of imidazole rings is 1. The van der Waals surface area contributed by atoms with Gasteiger partial charge in [-0.3, -0.25) is 0 Å². The fraction of sp³-hybridized carbons (Fsp3) is 0.625. The molecule has 1 aliphatic rings. The third kappa shape index (κ3) is 2.83. The number of alkyl halides is 1. The molecule has 0 unspecified atom stereocenters. The number of aryl methyl sites for hydroxylation is 1. The van der Waals surface area contributed by atoms with E-state index >= 15 is 0 Å². The number of nitrogens with zero attached hydrogens (tertiary/aromatic N) is 3. The van der Waals surface area contributed by atoms with Crippen LogP contribution < -0.4 is 0 Å². The molecular weight excluding hydrogens is 270 g/mol. The van der Waals surface area contributed by atoms with E-state index in [4.69, 9.17) is 16.6 Å². The van der Waals surface area contributed by atoms with Gasteiger partial charge in [0, 0.05) is 24.5 Å². The number of aromatic nitrogens is 3. The van der Waals surface area contributed by atoms with E-state index in [1.807, 2.05) is 12.3 Å². The van der Waals surface area contributed by atoms with Crippen molar-refractivity contribution in [3.8, 4) is 0 Å². The van der Waals surface area contributed by atoms with E-state index < -0.39 is 0 Å². The van der Waals surface area contributed by atoms with Crippen LogP contribution in [0.2, 0.25) is 0 Å². The first kappa shape index (κ1) is 13.9. The van der Waals surface area contributed by atoms with Gasteiger partial charge >= 0.3 is 0 Å². The third-order valence-electron chi connectivity index (χ3n) is 4.28. The lowest BCUT2D eigenvalue weighted by molar-refractivity contribution is 0.370. The number of rotatable bonds is 3. The van der Waals surface area contributed by atoms with Crippen LogP contribution in [0.15, 0.2) is 18.3 Å². The summed E-state index contributed by atoms with van der Waals surface area (Å²) in [5, 5.41) is 0. The Morgan fingerprint density at radius 1 is 1.15 bits per heavy atom. The van der Waals surface area contributed by atoms with Crippen molar-refractivity contribution in [1.82, 2.24) is 14.5 Å². The van der Waals surface area contributed by atoms with Gasteiger partial charge in [0.15, 0.2) is 5.65 Å². The van der Waals surface area contributed by atoms with Gasteiger partial charge in [-0.15, -0.1) is 11.6 Å². The van der Waals surface area contributed by atoms with Crippen LogP contribution in [0, 0.1) is 0 Å². The summed E-state index contributed by atoms with van der Waals surface area (Å²) >= 11 is 5.96. The van der Waals surface area contributed by atoms with Gasteiger partial charge in [0.2, 0.25) is 0 Å². The fourth-order valence-electron chi connectivity index (χ4n) is 3.31. The average molecular weight is 292 g/mol. The maximum atomic E-state index is 5.96. The number of hydrogen-bond acceptors (Lipinski definition) is 2. The minimum absolute atomic E-state index is 0.549. The summed E-state index contributed by atoms with van der Waals surface area (Å²) in [4.78, 5) is 9.32. The molecule has 3 nitrogen and oxygen atoms in total. The summed E-state index contributed by atoms with van der Waals surface area (Å²) in [6.45, 7) is 0. The van der Waals surface area contributed by atoms with Crippen molar-refractivity contribution in [2.24, 2.45) is 0 Å². The van der Waals surface area contributed by atoms with Crippen molar-refractivity contribution in [1.29, 1.82) is 0 Å². The van der Waals surface area contributed by atoms with E-state index in [9.17, 15) is 0 Å². The fourth-order valence-corrected chi connectivity index (χ4v) is 3.48. The molecule has 2 aromatic heterocycles. The summed E-state index contributed by atoms with van der Waals surface area (Å²) < 4.78 is 2.38. The standard InChI is InChI=1S/C16H22ClN3/c17-11-10-15-19-14-9-6-12-18-16(14)20(15)13-7-4-2-1-3-5-8-13/h6,9,12-13H,1-5,7-8,10-11H2. The topological polar surface area (TPSA) is 30.7 Å². The zero-order valence-corrected chi connectivity index (χ0v) is 12.6. The highest BCUT2D eigenvalue weighted by Gasteiger charge is 2.20. The molecule has 3 rings (SSSR count). The van der Waals surface area contributed by atoms with Crippen LogP contribution >= 0.6 is 11.6 Å². The van der Waals surface area contributed by atoms with Crippen molar-refractivity contribution >= 4 is 22.8 Å². The first-order valence-electron chi connectivity index (χ1n) is 7.78. The molecule has 1 saturated carbocycles. The quantitative estimate of drug-likeness (QED) is 0.780. The van der Waals surface area contributed by atoms with Crippen LogP contribution in [-0.2, 0) is 6.42 Å². The number of fused-ring (bicyclic) bond motifs is 1. The number of pyridine rings is 1. The van der Waals surface area contributed by atoms with Crippen molar-refractivity contribution < 1.29 is 0 Å². The van der Waals surface area contributed by atoms with Crippen LogP contribution in [0.1, 0.15) is 56.8 Å². The molecule has 4 heteroatoms. The van der Waals surface area contributed by atoms with Crippen molar-refractivity contribution in [2.45, 2.75) is 57.4 Å². The molecule has 2 aromatic rings. The molecule has 0 aliphatic heterocycles. The molecule has 0 aromatic carbocycles. The Bertz CT molecular complexity index is 556. The highest BCUT2D eigenvalue weighted by atomic mass is 35.5. The first-order valence-corrected chi connectivity index (χ1v) is 8.31. The summed E-state index contributed by atoms with van der Waals surface area (Å²) in [5.41, 5.74) is 2.05. The van der Waals surface area contributed by atoms with Gasteiger partial charge in [0.25, 0.3) is 0 Å². The summed E-state index contributed by atoms with van der Waals surface area (Å²) in [6, 6.07) is 4.57. The highest BCUT2D eigenvalue weighted by Crippen LogP contribution is 2.30. The van der Waals surface area contributed by atoms with Crippen LogP contribution in [0.4, 0.5) is 0 Å². The maximum absolute atomic E-state index is 5.96. The lowest BCUT2D eigenvalue weighted by Gasteiger charge is -2.23. The van der Waals surface area contributed by atoms with Gasteiger partial charge in [-0.25, -0.2) is 9.97 Å². The number of halogens is 1. The Labute approximate surface area is 125 Å². The molecule has 0 atom stereocenters. The smallest absolute Gasteiger partial charge is 0.160 e. The van der Waals surface area contributed by atoms with E-state index in [0.717, 1.165) is 23.4 Å². The molecular formula is C16H22ClN3. The van der Waals surface area contributed by atoms with E-state index in [0.29, 0.717) is 11.9 Å². The second kappa shape index (κ2) is 6.57.